The van der Waals surface area contributed by atoms with Gasteiger partial charge in [-0.2, -0.15) is 0 Å². The molecule has 4 aromatic rings. The number of fused-ring (bicyclic) bond motifs is 1. The maximum Gasteiger partial charge on any atom is 0.249 e. The number of hydrogen-bond acceptors (Lipinski definition) is 5. The zero-order valence-corrected chi connectivity index (χ0v) is 21.7. The van der Waals surface area contributed by atoms with Gasteiger partial charge in [0.1, 0.15) is 12.1 Å². The van der Waals surface area contributed by atoms with Crippen molar-refractivity contribution in [3.63, 3.8) is 0 Å². The average Bonchev–Trinajstić information content (AvgIpc) is 3.53. The van der Waals surface area contributed by atoms with Gasteiger partial charge < -0.3 is 9.88 Å². The minimum absolute atomic E-state index is 0.0683. The highest BCUT2D eigenvalue weighted by Gasteiger charge is 2.36. The molecule has 0 saturated heterocycles. The number of carbonyl (C=O) groups excluding carboxylic acids is 3. The summed E-state index contributed by atoms with van der Waals surface area (Å²) in [6.07, 6.45) is 7.01. The number of ketones is 1. The van der Waals surface area contributed by atoms with Gasteiger partial charge in [-0.05, 0) is 56.2 Å². The summed E-state index contributed by atoms with van der Waals surface area (Å²) < 4.78 is 3.39. The van der Waals surface area contributed by atoms with Gasteiger partial charge in [0.25, 0.3) is 0 Å². The molecule has 2 heterocycles. The molecule has 2 amide bonds. The number of rotatable bonds is 8. The van der Waals surface area contributed by atoms with Gasteiger partial charge in [-0.1, -0.05) is 48.7 Å². The van der Waals surface area contributed by atoms with Crippen LogP contribution in [0.3, 0.4) is 0 Å². The zero-order chi connectivity index (χ0) is 26.6. The molecule has 0 aliphatic heterocycles. The number of carbonyl (C=O) groups is 3. The first-order valence-corrected chi connectivity index (χ1v) is 13.1. The number of benzene rings is 2. The van der Waals surface area contributed by atoms with Crippen LogP contribution in [-0.2, 0) is 23.2 Å². The monoisotopic (exact) mass is 512 g/mol. The summed E-state index contributed by atoms with van der Waals surface area (Å²) >= 11 is 0. The predicted octanol–water partition coefficient (Wildman–Crippen LogP) is 4.20. The highest BCUT2D eigenvalue weighted by Crippen LogP contribution is 2.30. The fourth-order valence-corrected chi connectivity index (χ4v) is 5.22. The number of aromatic nitrogens is 4. The van der Waals surface area contributed by atoms with Crippen LogP contribution in [0.1, 0.15) is 61.1 Å². The summed E-state index contributed by atoms with van der Waals surface area (Å²) in [4.78, 5) is 41.9. The molecular formula is C29H32N6O3. The molecule has 9 heteroatoms. The molecule has 2 aromatic heterocycles. The summed E-state index contributed by atoms with van der Waals surface area (Å²) in [6.45, 7) is 1.36. The Kier molecular flexibility index (Phi) is 7.35. The Morgan fingerprint density at radius 1 is 1.03 bits per heavy atom. The van der Waals surface area contributed by atoms with E-state index in [0.29, 0.717) is 22.5 Å². The molecule has 1 aliphatic carbocycles. The normalized spacial score (nSPS) is 14.8. The average molecular weight is 513 g/mol. The molecule has 9 nitrogen and oxygen atoms in total. The third-order valence-electron chi connectivity index (χ3n) is 7.23. The summed E-state index contributed by atoms with van der Waals surface area (Å²) in [6, 6.07) is 17.1. The predicted molar refractivity (Wildman–Crippen MR) is 145 cm³/mol. The van der Waals surface area contributed by atoms with Crippen LogP contribution < -0.4 is 10.2 Å². The lowest BCUT2D eigenvalue weighted by Crippen LogP contribution is -2.48. The van der Waals surface area contributed by atoms with Crippen molar-refractivity contribution in [3.8, 4) is 0 Å². The van der Waals surface area contributed by atoms with Crippen LogP contribution in [-0.4, -0.2) is 43.2 Å². The van der Waals surface area contributed by atoms with Gasteiger partial charge in [-0.15, -0.1) is 5.10 Å². The van der Waals surface area contributed by atoms with Crippen molar-refractivity contribution in [1.82, 2.24) is 24.9 Å². The summed E-state index contributed by atoms with van der Waals surface area (Å²) in [5.74, 6) is -0.710. The Hall–Kier alpha value is -4.27. The molecule has 0 radical (unpaired) electrons. The van der Waals surface area contributed by atoms with Crippen LogP contribution in [0.5, 0.6) is 0 Å². The first-order chi connectivity index (χ1) is 18.4. The second-order valence-electron chi connectivity index (χ2n) is 9.90. The number of para-hydroxylation sites is 1. The molecule has 1 fully saturated rings. The van der Waals surface area contributed by atoms with Crippen LogP contribution in [0.15, 0.2) is 66.9 Å². The molecule has 1 atom stereocenters. The van der Waals surface area contributed by atoms with E-state index in [2.05, 4.69) is 15.6 Å². The van der Waals surface area contributed by atoms with Crippen molar-refractivity contribution in [2.45, 2.75) is 57.7 Å². The summed E-state index contributed by atoms with van der Waals surface area (Å²) in [5.41, 5.74) is 3.00. The van der Waals surface area contributed by atoms with Crippen molar-refractivity contribution in [2.75, 3.05) is 4.90 Å². The van der Waals surface area contributed by atoms with Gasteiger partial charge in [0.2, 0.25) is 11.8 Å². The molecule has 0 unspecified atom stereocenters. The number of anilines is 1. The van der Waals surface area contributed by atoms with Gasteiger partial charge in [0, 0.05) is 30.5 Å². The van der Waals surface area contributed by atoms with E-state index in [1.807, 2.05) is 54.2 Å². The highest BCUT2D eigenvalue weighted by atomic mass is 16.2. The fraction of sp³-hybridized carbons (Fsp3) is 0.345. The van der Waals surface area contributed by atoms with Gasteiger partial charge in [0.05, 0.1) is 11.2 Å². The second kappa shape index (κ2) is 11.0. The Balaban J connectivity index is 1.58. The number of amides is 2. The first kappa shape index (κ1) is 25.4. The molecule has 5 rings (SSSR count). The second-order valence-corrected chi connectivity index (χ2v) is 9.90. The standard InChI is InChI=1S/C29H32N6O3/c1-20(36)21-10-8-13-23(18-21)35(27(37)19-34-25-15-7-6-14-24(25)31-32-34)28(26-16-9-17-33(26)2)29(38)30-22-11-4-3-5-12-22/h6-10,13-18,22,28H,3-5,11-12,19H2,1-2H3,(H,30,38)/t28-/m0/s1. The molecule has 0 spiro atoms. The fourth-order valence-electron chi connectivity index (χ4n) is 5.22. The van der Waals surface area contributed by atoms with Crippen molar-refractivity contribution in [2.24, 2.45) is 7.05 Å². The molecule has 196 valence electrons. The minimum Gasteiger partial charge on any atom is -0.352 e. The van der Waals surface area contributed by atoms with E-state index in [1.54, 1.807) is 28.9 Å². The van der Waals surface area contributed by atoms with Crippen LogP contribution in [0, 0.1) is 0 Å². The molecule has 1 aliphatic rings. The third-order valence-corrected chi connectivity index (χ3v) is 7.23. The maximum atomic E-state index is 14.1. The van der Waals surface area contributed by atoms with Crippen molar-refractivity contribution in [1.29, 1.82) is 0 Å². The molecular weight excluding hydrogens is 480 g/mol. The topological polar surface area (TPSA) is 102 Å². The summed E-state index contributed by atoms with van der Waals surface area (Å²) in [5, 5.41) is 11.6. The van der Waals surface area contributed by atoms with Crippen LogP contribution in [0.25, 0.3) is 11.0 Å². The first-order valence-electron chi connectivity index (χ1n) is 13.1. The van der Waals surface area contributed by atoms with Gasteiger partial charge in [-0.25, -0.2) is 4.68 Å². The van der Waals surface area contributed by atoms with Crippen molar-refractivity contribution >= 4 is 34.3 Å². The van der Waals surface area contributed by atoms with Crippen molar-refractivity contribution in [3.05, 3.63) is 78.1 Å². The molecule has 38 heavy (non-hydrogen) atoms. The van der Waals surface area contributed by atoms with Crippen LogP contribution in [0.4, 0.5) is 5.69 Å². The van der Waals surface area contributed by atoms with Crippen molar-refractivity contribution < 1.29 is 14.4 Å². The van der Waals surface area contributed by atoms with Crippen LogP contribution in [0.2, 0.25) is 0 Å². The van der Waals surface area contributed by atoms with E-state index in [-0.39, 0.29) is 30.2 Å². The minimum atomic E-state index is -0.943. The molecule has 2 aromatic carbocycles. The lowest BCUT2D eigenvalue weighted by molar-refractivity contribution is -0.127. The SMILES string of the molecule is CC(=O)c1cccc(N(C(=O)Cn2nnc3ccccc32)[C@H](C(=O)NC2CCCCC2)c2cccn2C)c1. The quantitative estimate of drug-likeness (QED) is 0.357. The third kappa shape index (κ3) is 5.22. The Morgan fingerprint density at radius 3 is 2.55 bits per heavy atom. The number of hydrogen-bond donors (Lipinski definition) is 1. The maximum absolute atomic E-state index is 14.1. The smallest absolute Gasteiger partial charge is 0.249 e. The zero-order valence-electron chi connectivity index (χ0n) is 21.7. The Morgan fingerprint density at radius 2 is 1.82 bits per heavy atom. The number of aryl methyl sites for hydroxylation is 1. The van der Waals surface area contributed by atoms with Gasteiger partial charge >= 0.3 is 0 Å². The number of nitrogens with zero attached hydrogens (tertiary/aromatic N) is 5. The van der Waals surface area contributed by atoms with E-state index in [4.69, 9.17) is 0 Å². The molecule has 1 saturated carbocycles. The van der Waals surface area contributed by atoms with E-state index < -0.39 is 6.04 Å². The van der Waals surface area contributed by atoms with E-state index in [0.717, 1.165) is 31.2 Å². The van der Waals surface area contributed by atoms with E-state index >= 15 is 0 Å². The Bertz CT molecular complexity index is 1470. The largest absolute Gasteiger partial charge is 0.352 e. The van der Waals surface area contributed by atoms with E-state index in [1.165, 1.54) is 18.2 Å². The van der Waals surface area contributed by atoms with Gasteiger partial charge in [0.15, 0.2) is 11.8 Å². The van der Waals surface area contributed by atoms with E-state index in [9.17, 15) is 14.4 Å². The Labute approximate surface area is 221 Å². The highest BCUT2D eigenvalue weighted by molar-refractivity contribution is 6.03. The number of Topliss-reactive ketones (excluding diaryl/α,β-unsaturated/α-hetero) is 1. The van der Waals surface area contributed by atoms with Crippen LogP contribution >= 0.6 is 0 Å². The van der Waals surface area contributed by atoms with Gasteiger partial charge in [-0.3, -0.25) is 19.3 Å². The lowest BCUT2D eigenvalue weighted by atomic mass is 9.95. The lowest BCUT2D eigenvalue weighted by Gasteiger charge is -2.33. The molecule has 1 N–H and O–H groups in total. The summed E-state index contributed by atoms with van der Waals surface area (Å²) in [7, 11) is 1.86. The molecule has 0 bridgehead atoms. The number of nitrogens with one attached hydrogen (secondary N) is 1.